The normalized spacial score (nSPS) is 26.8. The molecule has 0 amide bonds. The second-order valence-electron chi connectivity index (χ2n) is 8.79. The molecule has 0 radical (unpaired) electrons. The van der Waals surface area contributed by atoms with Gasteiger partial charge in [0.05, 0.1) is 10.9 Å². The summed E-state index contributed by atoms with van der Waals surface area (Å²) in [6, 6.07) is 14.4. The summed E-state index contributed by atoms with van der Waals surface area (Å²) >= 11 is 0. The van der Waals surface area contributed by atoms with E-state index in [4.69, 9.17) is 0 Å². The Morgan fingerprint density at radius 1 is 1.00 bits per heavy atom. The summed E-state index contributed by atoms with van der Waals surface area (Å²) in [6.07, 6.45) is 5.52. The van der Waals surface area contributed by atoms with Gasteiger partial charge < -0.3 is 10.2 Å². The van der Waals surface area contributed by atoms with Crippen molar-refractivity contribution in [2.75, 3.05) is 38.5 Å². The minimum atomic E-state index is -3.47. The highest BCUT2D eigenvalue weighted by molar-refractivity contribution is 7.89. The average molecular weight is 424 g/mol. The van der Waals surface area contributed by atoms with Crippen LogP contribution in [0, 0.1) is 12.8 Å². The Bertz CT molecular complexity index is 1090. The number of piperazine rings is 1. The topological polar surface area (TPSA) is 52.7 Å². The molecule has 0 spiro atoms. The number of aryl methyl sites for hydroxylation is 1. The summed E-state index contributed by atoms with van der Waals surface area (Å²) in [5, 5.41) is 3.73. The van der Waals surface area contributed by atoms with Crippen molar-refractivity contribution >= 4 is 15.7 Å². The zero-order valence-electron chi connectivity index (χ0n) is 17.6. The molecule has 2 aromatic carbocycles. The highest BCUT2D eigenvalue weighted by Crippen LogP contribution is 2.50. The summed E-state index contributed by atoms with van der Waals surface area (Å²) in [5.41, 5.74) is 4.77. The molecule has 30 heavy (non-hydrogen) atoms. The molecule has 1 N–H and O–H groups in total. The number of rotatable bonds is 3. The molecule has 6 heteroatoms. The number of benzene rings is 2. The van der Waals surface area contributed by atoms with E-state index in [0.29, 0.717) is 23.9 Å². The molecule has 1 aliphatic carbocycles. The summed E-state index contributed by atoms with van der Waals surface area (Å²) in [7, 11) is -1.43. The Balaban J connectivity index is 1.50. The number of nitrogens with zero attached hydrogens (tertiary/aromatic N) is 2. The number of hydrogen-bond acceptors (Lipinski definition) is 4. The van der Waals surface area contributed by atoms with Crippen LogP contribution >= 0.6 is 0 Å². The molecule has 0 saturated carbocycles. The van der Waals surface area contributed by atoms with Crippen LogP contribution in [0.1, 0.15) is 35.1 Å². The van der Waals surface area contributed by atoms with E-state index in [9.17, 15) is 8.42 Å². The molecule has 5 rings (SSSR count). The Kier molecular flexibility index (Phi) is 4.96. The van der Waals surface area contributed by atoms with Crippen LogP contribution in [0.15, 0.2) is 59.5 Å². The van der Waals surface area contributed by atoms with Crippen molar-refractivity contribution in [2.24, 2.45) is 5.92 Å². The molecular formula is C24H29N3O2S. The van der Waals surface area contributed by atoms with Crippen molar-refractivity contribution in [1.29, 1.82) is 0 Å². The van der Waals surface area contributed by atoms with Gasteiger partial charge in [-0.05, 0) is 61.2 Å². The second-order valence-corrected chi connectivity index (χ2v) is 10.7. The Morgan fingerprint density at radius 2 is 1.77 bits per heavy atom. The Hall–Kier alpha value is -2.15. The van der Waals surface area contributed by atoms with Crippen molar-refractivity contribution in [2.45, 2.75) is 30.2 Å². The van der Waals surface area contributed by atoms with E-state index >= 15 is 0 Å². The van der Waals surface area contributed by atoms with Crippen LogP contribution < -0.4 is 5.32 Å². The number of allylic oxidation sites excluding steroid dienone is 2. The SMILES string of the molecule is Cc1ccccc1C1Nc2ccc(S(=O)(=O)N3CCN(C)CC3)cc2C2C=CCC21. The molecule has 158 valence electrons. The van der Waals surface area contributed by atoms with Gasteiger partial charge in [-0.15, -0.1) is 0 Å². The fraction of sp³-hybridized carbons (Fsp3) is 0.417. The van der Waals surface area contributed by atoms with Gasteiger partial charge in [0.2, 0.25) is 10.0 Å². The maximum Gasteiger partial charge on any atom is 0.243 e. The van der Waals surface area contributed by atoms with E-state index < -0.39 is 10.0 Å². The van der Waals surface area contributed by atoms with Crippen LogP contribution in [0.5, 0.6) is 0 Å². The Labute approximate surface area is 179 Å². The molecule has 1 fully saturated rings. The highest BCUT2D eigenvalue weighted by atomic mass is 32.2. The van der Waals surface area contributed by atoms with E-state index in [1.807, 2.05) is 19.2 Å². The van der Waals surface area contributed by atoms with Crippen molar-refractivity contribution < 1.29 is 8.42 Å². The third kappa shape index (κ3) is 3.27. The standard InChI is InChI=1S/C24H29N3O2S/c1-17-6-3-4-7-19(17)24-21-9-5-8-20(21)22-16-18(10-11-23(22)25-24)30(28,29)27-14-12-26(2)13-15-27/h3-8,10-11,16,20-21,24-25H,9,12-15H2,1-2H3. The minimum Gasteiger partial charge on any atom is -0.378 e. The number of hydrogen-bond donors (Lipinski definition) is 1. The van der Waals surface area contributed by atoms with Gasteiger partial charge in [0, 0.05) is 37.8 Å². The molecule has 2 heterocycles. The highest BCUT2D eigenvalue weighted by Gasteiger charge is 2.39. The van der Waals surface area contributed by atoms with Crippen molar-refractivity contribution in [1.82, 2.24) is 9.21 Å². The largest absolute Gasteiger partial charge is 0.378 e. The first-order valence-corrected chi connectivity index (χ1v) is 12.2. The van der Waals surface area contributed by atoms with Crippen LogP contribution in [0.25, 0.3) is 0 Å². The van der Waals surface area contributed by atoms with Crippen LogP contribution in [-0.2, 0) is 10.0 Å². The van der Waals surface area contributed by atoms with Crippen LogP contribution in [-0.4, -0.2) is 50.8 Å². The maximum atomic E-state index is 13.3. The molecule has 1 saturated heterocycles. The molecule has 0 aromatic heterocycles. The molecule has 3 unspecified atom stereocenters. The minimum absolute atomic E-state index is 0.235. The third-order valence-corrected chi connectivity index (χ3v) is 8.85. The van der Waals surface area contributed by atoms with Gasteiger partial charge in [0.25, 0.3) is 0 Å². The average Bonchev–Trinajstić information content (AvgIpc) is 3.24. The first-order chi connectivity index (χ1) is 14.4. The maximum absolute atomic E-state index is 13.3. The van der Waals surface area contributed by atoms with Crippen molar-refractivity contribution in [3.05, 3.63) is 71.3 Å². The van der Waals surface area contributed by atoms with E-state index in [1.165, 1.54) is 11.1 Å². The fourth-order valence-corrected chi connectivity index (χ4v) is 6.61. The predicted molar refractivity (Wildman–Crippen MR) is 120 cm³/mol. The summed E-state index contributed by atoms with van der Waals surface area (Å²) in [5.74, 6) is 0.647. The number of nitrogens with one attached hydrogen (secondary N) is 1. The van der Waals surface area contributed by atoms with Gasteiger partial charge in [0.15, 0.2) is 0 Å². The monoisotopic (exact) mass is 423 g/mol. The molecule has 2 aliphatic heterocycles. The van der Waals surface area contributed by atoms with Crippen LogP contribution in [0.4, 0.5) is 5.69 Å². The molecule has 5 nitrogen and oxygen atoms in total. The molecular weight excluding hydrogens is 394 g/mol. The van der Waals surface area contributed by atoms with Crippen LogP contribution in [0.2, 0.25) is 0 Å². The van der Waals surface area contributed by atoms with E-state index in [1.54, 1.807) is 10.4 Å². The van der Waals surface area contributed by atoms with Crippen molar-refractivity contribution in [3.8, 4) is 0 Å². The fourth-order valence-electron chi connectivity index (χ4n) is 5.15. The first-order valence-electron chi connectivity index (χ1n) is 10.8. The summed E-state index contributed by atoms with van der Waals surface area (Å²) in [4.78, 5) is 2.59. The molecule has 2 aromatic rings. The lowest BCUT2D eigenvalue weighted by Crippen LogP contribution is -2.47. The van der Waals surface area contributed by atoms with Gasteiger partial charge in [-0.3, -0.25) is 0 Å². The van der Waals surface area contributed by atoms with Gasteiger partial charge >= 0.3 is 0 Å². The van der Waals surface area contributed by atoms with E-state index in [0.717, 1.165) is 30.8 Å². The predicted octanol–water partition coefficient (Wildman–Crippen LogP) is 3.76. The smallest absolute Gasteiger partial charge is 0.243 e. The number of sulfonamides is 1. The number of anilines is 1. The van der Waals surface area contributed by atoms with Gasteiger partial charge in [-0.2, -0.15) is 4.31 Å². The molecule has 0 bridgehead atoms. The van der Waals surface area contributed by atoms with Gasteiger partial charge in [-0.25, -0.2) is 8.42 Å². The zero-order valence-corrected chi connectivity index (χ0v) is 18.4. The molecule has 3 atom stereocenters. The third-order valence-electron chi connectivity index (χ3n) is 6.96. The van der Waals surface area contributed by atoms with Gasteiger partial charge in [0.1, 0.15) is 0 Å². The van der Waals surface area contributed by atoms with E-state index in [2.05, 4.69) is 53.6 Å². The van der Waals surface area contributed by atoms with Gasteiger partial charge in [-0.1, -0.05) is 36.4 Å². The summed E-state index contributed by atoms with van der Waals surface area (Å²) < 4.78 is 28.2. The lowest BCUT2D eigenvalue weighted by Gasteiger charge is -2.38. The number of fused-ring (bicyclic) bond motifs is 3. The zero-order chi connectivity index (χ0) is 20.9. The van der Waals surface area contributed by atoms with Crippen LogP contribution in [0.3, 0.4) is 0 Å². The molecule has 3 aliphatic rings. The lowest BCUT2D eigenvalue weighted by molar-refractivity contribution is 0.222. The second kappa shape index (κ2) is 7.52. The Morgan fingerprint density at radius 3 is 2.53 bits per heavy atom. The van der Waals surface area contributed by atoms with E-state index in [-0.39, 0.29) is 12.0 Å². The lowest BCUT2D eigenvalue weighted by atomic mass is 9.76. The quantitative estimate of drug-likeness (QED) is 0.764. The number of likely N-dealkylation sites (N-methyl/N-ethyl adjacent to an activating group) is 1. The summed E-state index contributed by atoms with van der Waals surface area (Å²) in [6.45, 7) is 4.81. The first kappa shape index (κ1) is 19.8. The van der Waals surface area contributed by atoms with Crippen molar-refractivity contribution in [3.63, 3.8) is 0 Å².